The van der Waals surface area contributed by atoms with Gasteiger partial charge in [0.2, 0.25) is 0 Å². The molecule has 0 atom stereocenters. The molecule has 0 saturated heterocycles. The van der Waals surface area contributed by atoms with Crippen molar-refractivity contribution in [3.63, 3.8) is 0 Å². The highest BCUT2D eigenvalue weighted by atomic mass is 16.2. The van der Waals surface area contributed by atoms with E-state index >= 15 is 0 Å². The number of amides is 2. The van der Waals surface area contributed by atoms with Gasteiger partial charge in [-0.2, -0.15) is 0 Å². The molecule has 5 N–H and O–H groups in total. The Kier molecular flexibility index (Phi) is 0.0761. The van der Waals surface area contributed by atoms with Crippen molar-refractivity contribution < 1.29 is 10.5 Å². The van der Waals surface area contributed by atoms with Gasteiger partial charge in [-0.05, 0) is 0 Å². The normalized spacial score (nSPS) is 23.5. The van der Waals surface area contributed by atoms with E-state index < -0.39 is 6.03 Å². The van der Waals surface area contributed by atoms with E-state index in [0.717, 1.165) is 0 Å². The Morgan fingerprint density at radius 1 is 2.50 bits per heavy atom. The second-order valence-electron chi connectivity index (χ2n) is 0.305. The summed E-state index contributed by atoms with van der Waals surface area (Å²) >= 11 is 0. The Bertz CT molecular complexity index is 92.0. The van der Waals surface area contributed by atoms with E-state index in [1.165, 1.54) is 0 Å². The van der Waals surface area contributed by atoms with Crippen molar-refractivity contribution >= 4 is 6.03 Å². The molecule has 0 spiro atoms. The SMILES string of the molecule is [2H]NC(=[O+][2H])N([2H])[2H]. The summed E-state index contributed by atoms with van der Waals surface area (Å²) in [6, 6.07) is -0.565. The van der Waals surface area contributed by atoms with Crippen molar-refractivity contribution in [2.24, 2.45) is 11.4 Å². The molecule has 2 amide bonds. The van der Waals surface area contributed by atoms with Gasteiger partial charge in [0.15, 0.2) is 4.24 Å². The minimum absolute atomic E-state index is 0.0139. The molecule has 4 heavy (non-hydrogen) atoms. The summed E-state index contributed by atoms with van der Waals surface area (Å²) in [7, 11) is 0. The van der Waals surface area contributed by atoms with Gasteiger partial charge in [0.25, 0.3) is 0 Å². The van der Waals surface area contributed by atoms with Crippen LogP contribution in [0.1, 0.15) is 1.43 Å². The van der Waals surface area contributed by atoms with Gasteiger partial charge >= 0.3 is 7.46 Å². The zero-order valence-electron chi connectivity index (χ0n) is 5.86. The van der Waals surface area contributed by atoms with Crippen molar-refractivity contribution in [3.8, 4) is 0 Å². The summed E-state index contributed by atoms with van der Waals surface area (Å²) in [5.41, 5.74) is 1.55. The quantitative estimate of drug-likeness (QED) is 0.318. The van der Waals surface area contributed by atoms with Gasteiger partial charge in [0, 0.05) is 0 Å². The lowest BCUT2D eigenvalue weighted by atomic mass is 11.2. The highest BCUT2D eigenvalue weighted by molar-refractivity contribution is 5.69. The molecule has 0 aromatic heterocycles. The Morgan fingerprint density at radius 3 is 3.50 bits per heavy atom. The average molecular weight is 65.1 g/mol. The maximum atomic E-state index is 6.37. The predicted octanol–water partition coefficient (Wildman–Crippen LogP) is -1.64. The van der Waals surface area contributed by atoms with Gasteiger partial charge in [0.1, 0.15) is 0 Å². The van der Waals surface area contributed by atoms with E-state index in [1.807, 2.05) is 0 Å². The molecule has 0 aliphatic heterocycles. The molecule has 0 aliphatic carbocycles. The van der Waals surface area contributed by atoms with Gasteiger partial charge in [-0.15, -0.1) is 0 Å². The molecule has 3 heteroatoms. The third kappa shape index (κ3) is 0.174. The van der Waals surface area contributed by atoms with Crippen LogP contribution >= 0.6 is 0 Å². The number of nitrogens with two attached hydrogens (primary N) is 2. The molecular formula is CH5N2O+. The maximum absolute atomic E-state index is 6.37. The summed E-state index contributed by atoms with van der Waals surface area (Å²) in [4.78, 5) is 3.58. The summed E-state index contributed by atoms with van der Waals surface area (Å²) in [5.74, 6) is 0. The Morgan fingerprint density at radius 2 is 3.50 bits per heavy atom. The van der Waals surface area contributed by atoms with E-state index in [-0.39, 0.29) is 5.72 Å². The first-order valence-electron chi connectivity index (χ1n) is 2.48. The van der Waals surface area contributed by atoms with Crippen LogP contribution in [-0.4, -0.2) is 10.8 Å². The molecule has 0 saturated carbocycles. The Labute approximate surface area is 29.5 Å². The van der Waals surface area contributed by atoms with Crippen LogP contribution in [0.5, 0.6) is 0 Å². The Balaban J connectivity index is 3.72. The minimum Gasteiger partial charge on any atom is -0.303 e. The molecule has 0 unspecified atom stereocenters. The lowest BCUT2D eigenvalue weighted by Gasteiger charge is -1.53. The molecule has 0 heterocycles. The van der Waals surface area contributed by atoms with Crippen molar-refractivity contribution in [3.05, 3.63) is 0 Å². The minimum atomic E-state index is -0.565. The fourth-order valence-electron chi connectivity index (χ4n) is 0. The number of hydrogen-bond acceptors (Lipinski definition) is 0. The van der Waals surface area contributed by atoms with Crippen LogP contribution in [0.4, 0.5) is 0 Å². The number of primary amides is 2. The number of hydrogen-bond donors (Lipinski definition) is 2. The topological polar surface area (TPSA) is 73.4 Å². The fourth-order valence-corrected chi connectivity index (χ4v) is 0. The molecule has 0 aromatic carbocycles. The number of rotatable bonds is 0. The zero-order chi connectivity index (χ0) is 6.57. The maximum Gasteiger partial charge on any atom is 0.690 e. The van der Waals surface area contributed by atoms with E-state index in [2.05, 4.69) is 4.80 Å². The molecule has 24 valence electrons. The summed E-state index contributed by atoms with van der Waals surface area (Å²) in [6.45, 7) is 0. The number of carbonyl (C=O) groups excluding carboxylic acids is 1. The van der Waals surface area contributed by atoms with Crippen molar-refractivity contribution in [1.82, 2.24) is 0 Å². The van der Waals surface area contributed by atoms with Gasteiger partial charge < -0.3 is 11.4 Å². The summed E-state index contributed by atoms with van der Waals surface area (Å²) < 4.78 is 25.1. The average Bonchev–Trinajstić information content (AvgIpc) is 1.69. The molecular weight excluding hydrogens is 56.0 g/mol. The van der Waals surface area contributed by atoms with Crippen molar-refractivity contribution in [2.75, 3.05) is 0 Å². The molecule has 3 nitrogen and oxygen atoms in total. The third-order valence-electron chi connectivity index (χ3n) is 0. The first-order valence-corrected chi connectivity index (χ1v) is 0.678. The van der Waals surface area contributed by atoms with Crippen LogP contribution in [0.3, 0.4) is 0 Å². The van der Waals surface area contributed by atoms with Gasteiger partial charge in [-0.1, -0.05) is 0 Å². The lowest BCUT2D eigenvalue weighted by Crippen LogP contribution is -2.21. The zero-order valence-corrected chi connectivity index (χ0v) is 1.86. The molecule has 0 bridgehead atoms. The fraction of sp³-hybridized carbons (Fsp3) is 0. The standard InChI is InChI=1S/CH4N2O/c2-1(3)4/h(H4,2,3,4)/p+1/i/hD4. The van der Waals surface area contributed by atoms with E-state index in [0.29, 0.717) is 0 Å². The molecule has 0 fully saturated rings. The second-order valence-corrected chi connectivity index (χ2v) is 0.305. The van der Waals surface area contributed by atoms with Crippen LogP contribution in [0.15, 0.2) is 0 Å². The van der Waals surface area contributed by atoms with Crippen molar-refractivity contribution in [1.29, 1.82) is 0 Å². The monoisotopic (exact) mass is 65.1 g/mol. The van der Waals surface area contributed by atoms with Crippen LogP contribution < -0.4 is 11.4 Å². The smallest absolute Gasteiger partial charge is 0.303 e. The summed E-state index contributed by atoms with van der Waals surface area (Å²) in [6.07, 6.45) is 0. The van der Waals surface area contributed by atoms with Gasteiger partial charge in [0.05, 0.1) is 0 Å². The van der Waals surface area contributed by atoms with Crippen LogP contribution in [-0.2, 0) is 0 Å². The van der Waals surface area contributed by atoms with Crippen LogP contribution in [0.2, 0.25) is 4.24 Å². The van der Waals surface area contributed by atoms with Crippen LogP contribution in [0, 0.1) is 0 Å². The van der Waals surface area contributed by atoms with Crippen LogP contribution in [0.25, 0.3) is 0 Å². The number of urea groups is 1. The molecule has 0 rings (SSSR count). The molecule has 0 aliphatic rings. The van der Waals surface area contributed by atoms with E-state index in [4.69, 9.17) is 5.67 Å². The Hall–Kier alpha value is -0.730. The predicted molar refractivity (Wildman–Crippen MR) is 15.3 cm³/mol. The molecule has 0 aromatic rings. The highest BCUT2D eigenvalue weighted by Gasteiger charge is 1.73. The first kappa shape index (κ1) is 0.429. The van der Waals surface area contributed by atoms with Crippen molar-refractivity contribution in [2.45, 2.75) is 0 Å². The third-order valence-corrected chi connectivity index (χ3v) is 0. The molecule has 0 radical (unpaired) electrons. The van der Waals surface area contributed by atoms with Gasteiger partial charge in [-0.3, -0.25) is 0 Å². The first-order chi connectivity index (χ1) is 3.72. The van der Waals surface area contributed by atoms with E-state index in [1.54, 1.807) is 5.73 Å². The second kappa shape index (κ2) is 0.711. The van der Waals surface area contributed by atoms with E-state index in [9.17, 15) is 0 Å². The largest absolute Gasteiger partial charge is 0.690 e. The summed E-state index contributed by atoms with van der Waals surface area (Å²) in [5, 5.41) is 0. The lowest BCUT2D eigenvalue weighted by molar-refractivity contribution is 0.663. The van der Waals surface area contributed by atoms with Gasteiger partial charge in [-0.25, -0.2) is 4.80 Å². The highest BCUT2D eigenvalue weighted by Crippen LogP contribution is 1.06.